The number of para-hydroxylation sites is 1. The third-order valence-corrected chi connectivity index (χ3v) is 5.64. The van der Waals surface area contributed by atoms with Gasteiger partial charge in [0.2, 0.25) is 0 Å². The van der Waals surface area contributed by atoms with Crippen LogP contribution < -0.4 is 15.8 Å². The molecular weight excluding hydrogens is 384 g/mol. The summed E-state index contributed by atoms with van der Waals surface area (Å²) in [7, 11) is 0. The van der Waals surface area contributed by atoms with Gasteiger partial charge in [-0.3, -0.25) is 0 Å². The molecule has 0 radical (unpaired) electrons. The molecule has 1 atom stereocenters. The number of hydrogen-bond acceptors (Lipinski definition) is 4. The summed E-state index contributed by atoms with van der Waals surface area (Å²) in [6.45, 7) is 0.856. The Morgan fingerprint density at radius 1 is 1.13 bits per heavy atom. The standard InChI is InChI=1S/C24H21F2N3O/c25-24(26)10-4-5-15(12-24)13-28-20-7-3-8-21-18(20)11-17(23(27)29-21)19-14-30-22-9-2-1-6-16(19)22/h1-11,19,28H,12-14H2,(H2,27,29). The number of allylic oxidation sites excluding steroid dienone is 3. The maximum atomic E-state index is 13.6. The first-order valence-electron chi connectivity index (χ1n) is 9.90. The van der Waals surface area contributed by atoms with Gasteiger partial charge in [0.1, 0.15) is 11.6 Å². The molecule has 0 saturated carbocycles. The van der Waals surface area contributed by atoms with Crippen molar-refractivity contribution in [2.75, 3.05) is 24.2 Å². The lowest BCUT2D eigenvalue weighted by Gasteiger charge is -2.19. The number of pyridine rings is 1. The number of benzene rings is 2. The summed E-state index contributed by atoms with van der Waals surface area (Å²) in [5.41, 5.74) is 10.6. The largest absolute Gasteiger partial charge is 0.492 e. The van der Waals surface area contributed by atoms with Crippen LogP contribution in [0, 0.1) is 0 Å². The average molecular weight is 405 g/mol. The van der Waals surface area contributed by atoms with Gasteiger partial charge in [-0.05, 0) is 35.9 Å². The van der Waals surface area contributed by atoms with Crippen molar-refractivity contribution in [1.82, 2.24) is 4.98 Å². The quantitative estimate of drug-likeness (QED) is 0.620. The lowest BCUT2D eigenvalue weighted by atomic mass is 9.92. The van der Waals surface area contributed by atoms with Crippen LogP contribution in [0.4, 0.5) is 20.3 Å². The Bertz CT molecular complexity index is 1190. The Kier molecular flexibility index (Phi) is 4.42. The van der Waals surface area contributed by atoms with Crippen molar-refractivity contribution in [2.45, 2.75) is 18.3 Å². The first kappa shape index (κ1) is 18.6. The highest BCUT2D eigenvalue weighted by Crippen LogP contribution is 2.41. The molecule has 0 amide bonds. The maximum Gasteiger partial charge on any atom is 0.270 e. The van der Waals surface area contributed by atoms with E-state index in [4.69, 9.17) is 10.5 Å². The zero-order chi connectivity index (χ0) is 20.7. The SMILES string of the molecule is Nc1nc2cccc(NCC3=CC=CC(F)(F)C3)c2cc1C1COc2ccccc21. The van der Waals surface area contributed by atoms with Crippen LogP contribution in [0.25, 0.3) is 10.9 Å². The van der Waals surface area contributed by atoms with Crippen molar-refractivity contribution in [3.63, 3.8) is 0 Å². The highest BCUT2D eigenvalue weighted by molar-refractivity contribution is 5.93. The number of ether oxygens (including phenoxy) is 1. The first-order valence-corrected chi connectivity index (χ1v) is 9.90. The van der Waals surface area contributed by atoms with Crippen LogP contribution in [-0.2, 0) is 0 Å². The number of alkyl halides is 2. The molecule has 1 aliphatic carbocycles. The highest BCUT2D eigenvalue weighted by Gasteiger charge is 2.29. The van der Waals surface area contributed by atoms with Crippen LogP contribution in [0.5, 0.6) is 5.75 Å². The molecule has 2 aliphatic rings. The minimum atomic E-state index is -2.79. The lowest BCUT2D eigenvalue weighted by molar-refractivity contribution is 0.0542. The van der Waals surface area contributed by atoms with Crippen LogP contribution in [0.3, 0.4) is 0 Å². The van der Waals surface area contributed by atoms with Gasteiger partial charge in [-0.25, -0.2) is 13.8 Å². The van der Waals surface area contributed by atoms with E-state index >= 15 is 0 Å². The summed E-state index contributed by atoms with van der Waals surface area (Å²) in [5, 5.41) is 4.21. The van der Waals surface area contributed by atoms with Crippen molar-refractivity contribution in [3.05, 3.63) is 83.5 Å². The molecule has 3 aromatic rings. The second kappa shape index (κ2) is 7.13. The van der Waals surface area contributed by atoms with Crippen molar-refractivity contribution in [3.8, 4) is 5.75 Å². The van der Waals surface area contributed by atoms with E-state index in [1.54, 1.807) is 6.08 Å². The number of anilines is 2. The number of nitrogen functional groups attached to an aromatic ring is 1. The number of nitrogens with zero attached hydrogens (tertiary/aromatic N) is 1. The number of nitrogens with one attached hydrogen (secondary N) is 1. The molecule has 0 spiro atoms. The summed E-state index contributed by atoms with van der Waals surface area (Å²) in [4.78, 5) is 4.61. The molecule has 1 aromatic heterocycles. The van der Waals surface area contributed by atoms with E-state index in [1.807, 2.05) is 48.5 Å². The van der Waals surface area contributed by atoms with Gasteiger partial charge >= 0.3 is 0 Å². The normalized spacial score (nSPS) is 19.3. The van der Waals surface area contributed by atoms with Crippen molar-refractivity contribution in [1.29, 1.82) is 0 Å². The summed E-state index contributed by atoms with van der Waals surface area (Å²) in [5.74, 6) is -1.43. The smallest absolute Gasteiger partial charge is 0.270 e. The van der Waals surface area contributed by atoms with E-state index in [9.17, 15) is 8.78 Å². The van der Waals surface area contributed by atoms with E-state index in [1.165, 1.54) is 6.08 Å². The number of halogens is 2. The number of rotatable bonds is 4. The molecule has 0 saturated heterocycles. The Morgan fingerprint density at radius 3 is 2.87 bits per heavy atom. The van der Waals surface area contributed by atoms with E-state index in [0.29, 0.717) is 24.5 Å². The summed E-state index contributed by atoms with van der Waals surface area (Å²) in [6, 6.07) is 15.7. The van der Waals surface area contributed by atoms with Crippen LogP contribution in [0.2, 0.25) is 0 Å². The highest BCUT2D eigenvalue weighted by atomic mass is 19.3. The molecule has 3 N–H and O–H groups in total. The van der Waals surface area contributed by atoms with Gasteiger partial charge in [0.15, 0.2) is 0 Å². The fraction of sp³-hybridized carbons (Fsp3) is 0.208. The second-order valence-electron chi connectivity index (χ2n) is 7.71. The predicted octanol–water partition coefficient (Wildman–Crippen LogP) is 5.27. The van der Waals surface area contributed by atoms with E-state index in [0.717, 1.165) is 39.5 Å². The lowest BCUT2D eigenvalue weighted by Crippen LogP contribution is -2.19. The minimum absolute atomic E-state index is 0.0102. The summed E-state index contributed by atoms with van der Waals surface area (Å²) < 4.78 is 33.1. The van der Waals surface area contributed by atoms with Gasteiger partial charge < -0.3 is 15.8 Å². The van der Waals surface area contributed by atoms with Crippen molar-refractivity contribution < 1.29 is 13.5 Å². The molecule has 0 fully saturated rings. The number of fused-ring (bicyclic) bond motifs is 2. The van der Waals surface area contributed by atoms with Crippen LogP contribution in [0.15, 0.2) is 72.3 Å². The van der Waals surface area contributed by atoms with Gasteiger partial charge in [0.05, 0.1) is 18.0 Å². The third-order valence-electron chi connectivity index (χ3n) is 5.64. The molecule has 30 heavy (non-hydrogen) atoms. The topological polar surface area (TPSA) is 60.2 Å². The molecule has 1 unspecified atom stereocenters. The molecule has 2 aromatic carbocycles. The Morgan fingerprint density at radius 2 is 2.00 bits per heavy atom. The van der Waals surface area contributed by atoms with Crippen molar-refractivity contribution >= 4 is 22.4 Å². The number of hydrogen-bond donors (Lipinski definition) is 2. The zero-order valence-corrected chi connectivity index (χ0v) is 16.2. The summed E-state index contributed by atoms with van der Waals surface area (Å²) >= 11 is 0. The molecule has 5 rings (SSSR count). The average Bonchev–Trinajstić information content (AvgIpc) is 3.15. The van der Waals surface area contributed by atoms with Crippen LogP contribution in [-0.4, -0.2) is 24.1 Å². The first-order chi connectivity index (χ1) is 14.5. The summed E-state index contributed by atoms with van der Waals surface area (Å²) in [6.07, 6.45) is 3.83. The van der Waals surface area contributed by atoms with E-state index in [2.05, 4.69) is 10.3 Å². The van der Waals surface area contributed by atoms with Gasteiger partial charge in [0.25, 0.3) is 5.92 Å². The minimum Gasteiger partial charge on any atom is -0.492 e. The van der Waals surface area contributed by atoms with Crippen molar-refractivity contribution in [2.24, 2.45) is 0 Å². The molecule has 1 aliphatic heterocycles. The fourth-order valence-corrected chi connectivity index (χ4v) is 4.16. The van der Waals surface area contributed by atoms with Gasteiger partial charge in [0, 0.05) is 35.2 Å². The molecule has 6 heteroatoms. The Labute approximate surface area is 173 Å². The van der Waals surface area contributed by atoms with E-state index < -0.39 is 5.92 Å². The Balaban J connectivity index is 1.48. The van der Waals surface area contributed by atoms with Gasteiger partial charge in [-0.15, -0.1) is 0 Å². The van der Waals surface area contributed by atoms with Gasteiger partial charge in [-0.1, -0.05) is 36.4 Å². The molecule has 2 heterocycles. The second-order valence-corrected chi connectivity index (χ2v) is 7.71. The molecule has 4 nitrogen and oxygen atoms in total. The van der Waals surface area contributed by atoms with Crippen LogP contribution in [0.1, 0.15) is 23.5 Å². The Hall–Kier alpha value is -3.41. The molecular formula is C24H21F2N3O. The van der Waals surface area contributed by atoms with E-state index in [-0.39, 0.29) is 12.3 Å². The molecule has 152 valence electrons. The third kappa shape index (κ3) is 3.38. The number of nitrogens with two attached hydrogens (primary N) is 1. The molecule has 0 bridgehead atoms. The zero-order valence-electron chi connectivity index (χ0n) is 16.2. The predicted molar refractivity (Wildman–Crippen MR) is 115 cm³/mol. The number of aromatic nitrogens is 1. The fourth-order valence-electron chi connectivity index (χ4n) is 4.16. The monoisotopic (exact) mass is 405 g/mol. The van der Waals surface area contributed by atoms with Crippen LogP contribution >= 0.6 is 0 Å². The maximum absolute atomic E-state index is 13.6. The van der Waals surface area contributed by atoms with Gasteiger partial charge in [-0.2, -0.15) is 0 Å².